The molecule has 2 N–H and O–H groups in total. The highest BCUT2D eigenvalue weighted by Gasteiger charge is 2.12. The zero-order valence-electron chi connectivity index (χ0n) is 12.3. The van der Waals surface area contributed by atoms with E-state index in [0.717, 1.165) is 15.9 Å². The first-order chi connectivity index (χ1) is 10.0. The number of rotatable bonds is 6. The average Bonchev–Trinajstić information content (AvgIpc) is 2.78. The van der Waals surface area contributed by atoms with Crippen molar-refractivity contribution in [3.63, 3.8) is 0 Å². The molecular formula is C14H19BrN4OS. The second kappa shape index (κ2) is 7.29. The molecule has 0 fully saturated rings. The summed E-state index contributed by atoms with van der Waals surface area (Å²) in [6.45, 7) is 7.56. The Labute approximate surface area is 136 Å². The third-order valence-corrected chi connectivity index (χ3v) is 4.56. The van der Waals surface area contributed by atoms with Crippen molar-refractivity contribution in [1.29, 1.82) is 0 Å². The molecule has 0 saturated carbocycles. The van der Waals surface area contributed by atoms with Crippen LogP contribution in [-0.2, 0) is 13.1 Å². The summed E-state index contributed by atoms with van der Waals surface area (Å²) in [5, 5.41) is 10.7. The summed E-state index contributed by atoms with van der Waals surface area (Å²) in [5.41, 5.74) is 1.02. The fourth-order valence-corrected chi connectivity index (χ4v) is 3.42. The maximum Gasteiger partial charge on any atom is 0.343 e. The zero-order valence-corrected chi connectivity index (χ0v) is 14.7. The van der Waals surface area contributed by atoms with Gasteiger partial charge in [-0.15, -0.1) is 5.10 Å². The Balaban J connectivity index is 2.29. The van der Waals surface area contributed by atoms with Gasteiger partial charge >= 0.3 is 5.69 Å². The number of H-pyrrole nitrogens is 1. The molecule has 0 radical (unpaired) electrons. The van der Waals surface area contributed by atoms with Crippen LogP contribution in [0.4, 0.5) is 0 Å². The van der Waals surface area contributed by atoms with Crippen LogP contribution in [0.1, 0.15) is 26.3 Å². The maximum absolute atomic E-state index is 11.6. The monoisotopic (exact) mass is 370 g/mol. The van der Waals surface area contributed by atoms with Crippen LogP contribution in [-0.4, -0.2) is 20.8 Å². The second-order valence-electron chi connectivity index (χ2n) is 4.95. The first-order valence-electron chi connectivity index (χ1n) is 6.86. The van der Waals surface area contributed by atoms with Crippen LogP contribution < -0.4 is 11.0 Å². The average molecular weight is 371 g/mol. The van der Waals surface area contributed by atoms with Crippen LogP contribution in [0, 0.1) is 0 Å². The highest BCUT2D eigenvalue weighted by molar-refractivity contribution is 9.10. The van der Waals surface area contributed by atoms with Crippen LogP contribution in [0.15, 0.2) is 37.5 Å². The molecular weight excluding hydrogens is 352 g/mol. The Morgan fingerprint density at radius 3 is 2.90 bits per heavy atom. The summed E-state index contributed by atoms with van der Waals surface area (Å²) in [5.74, 6) is 0. The molecule has 1 aromatic heterocycles. The minimum absolute atomic E-state index is 0.170. The van der Waals surface area contributed by atoms with Crippen LogP contribution in [0.2, 0.25) is 0 Å². The summed E-state index contributed by atoms with van der Waals surface area (Å²) < 4.78 is 2.64. The predicted molar refractivity (Wildman–Crippen MR) is 88.8 cm³/mol. The fraction of sp³-hybridized carbons (Fsp3) is 0.429. The van der Waals surface area contributed by atoms with E-state index in [1.54, 1.807) is 4.57 Å². The molecule has 1 heterocycles. The number of aromatic nitrogens is 3. The lowest BCUT2D eigenvalue weighted by atomic mass is 10.2. The number of hydrogen-bond acceptors (Lipinski definition) is 4. The largest absolute Gasteiger partial charge is 0.343 e. The van der Waals surface area contributed by atoms with E-state index in [0.29, 0.717) is 17.7 Å². The van der Waals surface area contributed by atoms with Gasteiger partial charge in [0, 0.05) is 28.5 Å². The van der Waals surface area contributed by atoms with Crippen molar-refractivity contribution in [2.45, 2.75) is 50.0 Å². The number of hydrogen-bond donors (Lipinski definition) is 2. The van der Waals surface area contributed by atoms with Crippen molar-refractivity contribution in [1.82, 2.24) is 20.1 Å². The van der Waals surface area contributed by atoms with Crippen molar-refractivity contribution in [2.24, 2.45) is 0 Å². The standard InChI is InChI=1S/C14H19BrN4OS/c1-4-19-13(20)17-18-14(19)21-12-7-11(15)6-5-10(12)8-16-9(2)3/h5-7,9,16H,4,8H2,1-3H3,(H,17,20). The lowest BCUT2D eigenvalue weighted by Crippen LogP contribution is -2.22. The molecule has 0 atom stereocenters. The normalized spacial score (nSPS) is 11.3. The minimum atomic E-state index is -0.170. The first-order valence-corrected chi connectivity index (χ1v) is 8.47. The third-order valence-electron chi connectivity index (χ3n) is 2.97. The van der Waals surface area contributed by atoms with Crippen LogP contribution >= 0.6 is 27.7 Å². The molecule has 0 spiro atoms. The Morgan fingerprint density at radius 1 is 1.48 bits per heavy atom. The Kier molecular flexibility index (Phi) is 5.66. The molecule has 21 heavy (non-hydrogen) atoms. The molecule has 114 valence electrons. The highest BCUT2D eigenvalue weighted by Crippen LogP contribution is 2.31. The molecule has 5 nitrogen and oxygen atoms in total. The first kappa shape index (κ1) is 16.3. The minimum Gasteiger partial charge on any atom is -0.310 e. The maximum atomic E-state index is 11.6. The van der Waals surface area contributed by atoms with Crippen LogP contribution in [0.5, 0.6) is 0 Å². The molecule has 0 unspecified atom stereocenters. The van der Waals surface area contributed by atoms with Crippen molar-refractivity contribution < 1.29 is 0 Å². The van der Waals surface area contributed by atoms with Gasteiger partial charge in [-0.2, -0.15) is 0 Å². The van der Waals surface area contributed by atoms with Crippen LogP contribution in [0.3, 0.4) is 0 Å². The summed E-state index contributed by atoms with van der Waals surface area (Å²) in [6, 6.07) is 6.59. The summed E-state index contributed by atoms with van der Waals surface area (Å²) in [6.07, 6.45) is 0. The third kappa shape index (κ3) is 4.21. The summed E-state index contributed by atoms with van der Waals surface area (Å²) >= 11 is 5.00. The molecule has 7 heteroatoms. The zero-order chi connectivity index (χ0) is 15.4. The van der Waals surface area contributed by atoms with E-state index in [4.69, 9.17) is 0 Å². The van der Waals surface area contributed by atoms with E-state index >= 15 is 0 Å². The van der Waals surface area contributed by atoms with E-state index in [1.807, 2.05) is 13.0 Å². The Morgan fingerprint density at radius 2 is 2.24 bits per heavy atom. The molecule has 2 rings (SSSR count). The van der Waals surface area contributed by atoms with Crippen molar-refractivity contribution >= 4 is 27.7 Å². The van der Waals surface area contributed by atoms with Gasteiger partial charge in [-0.25, -0.2) is 9.89 Å². The lowest BCUT2D eigenvalue weighted by Gasteiger charge is -2.12. The van der Waals surface area contributed by atoms with Gasteiger partial charge in [0.05, 0.1) is 0 Å². The van der Waals surface area contributed by atoms with Crippen molar-refractivity contribution in [2.75, 3.05) is 0 Å². The molecule has 0 amide bonds. The number of nitrogens with zero attached hydrogens (tertiary/aromatic N) is 2. The SMILES string of the molecule is CCn1c(Sc2cc(Br)ccc2CNC(C)C)n[nH]c1=O. The van der Waals surface area contributed by atoms with Gasteiger partial charge in [0.25, 0.3) is 0 Å². The molecule has 0 aliphatic rings. The summed E-state index contributed by atoms with van der Waals surface area (Å²) in [4.78, 5) is 12.7. The fourth-order valence-electron chi connectivity index (χ4n) is 1.84. The molecule has 0 aliphatic heterocycles. The Hall–Kier alpha value is -1.05. The van der Waals surface area contributed by atoms with E-state index in [-0.39, 0.29) is 5.69 Å². The van der Waals surface area contributed by atoms with Crippen molar-refractivity contribution in [3.05, 3.63) is 38.7 Å². The number of benzene rings is 1. The number of nitrogens with one attached hydrogen (secondary N) is 2. The molecule has 0 saturated heterocycles. The van der Waals surface area contributed by atoms with Gasteiger partial charge in [-0.1, -0.05) is 35.8 Å². The van der Waals surface area contributed by atoms with Gasteiger partial charge in [-0.05, 0) is 36.4 Å². The van der Waals surface area contributed by atoms with Gasteiger partial charge < -0.3 is 5.32 Å². The molecule has 2 aromatic rings. The van der Waals surface area contributed by atoms with Gasteiger partial charge in [0.2, 0.25) is 0 Å². The number of halogens is 1. The van der Waals surface area contributed by atoms with E-state index in [2.05, 4.69) is 57.4 Å². The topological polar surface area (TPSA) is 62.7 Å². The van der Waals surface area contributed by atoms with Crippen LogP contribution in [0.25, 0.3) is 0 Å². The highest BCUT2D eigenvalue weighted by atomic mass is 79.9. The van der Waals surface area contributed by atoms with E-state index in [9.17, 15) is 4.79 Å². The van der Waals surface area contributed by atoms with Crippen molar-refractivity contribution in [3.8, 4) is 0 Å². The Bertz CT molecular complexity index is 665. The van der Waals surface area contributed by atoms with Gasteiger partial charge in [-0.3, -0.25) is 4.57 Å². The molecule has 1 aromatic carbocycles. The molecule has 0 bridgehead atoms. The smallest absolute Gasteiger partial charge is 0.310 e. The molecule has 0 aliphatic carbocycles. The summed E-state index contributed by atoms with van der Waals surface area (Å²) in [7, 11) is 0. The quantitative estimate of drug-likeness (QED) is 0.820. The van der Waals surface area contributed by atoms with Gasteiger partial charge in [0.15, 0.2) is 5.16 Å². The number of aromatic amines is 1. The van der Waals surface area contributed by atoms with Gasteiger partial charge in [0.1, 0.15) is 0 Å². The van der Waals surface area contributed by atoms with E-state index < -0.39 is 0 Å². The second-order valence-corrected chi connectivity index (χ2v) is 6.87. The predicted octanol–water partition coefficient (Wildman–Crippen LogP) is 3.00. The lowest BCUT2D eigenvalue weighted by molar-refractivity contribution is 0.584. The van der Waals surface area contributed by atoms with E-state index in [1.165, 1.54) is 17.3 Å².